The van der Waals surface area contributed by atoms with Crippen LogP contribution in [0.25, 0.3) is 0 Å². The molecule has 1 aromatic carbocycles. The first-order chi connectivity index (χ1) is 7.34. The summed E-state index contributed by atoms with van der Waals surface area (Å²) in [5, 5.41) is 0. The molecule has 0 atom stereocenters. The predicted molar refractivity (Wildman–Crippen MR) is 70.2 cm³/mol. The Balaban J connectivity index is 0.000000325. The van der Waals surface area contributed by atoms with Gasteiger partial charge in [-0.15, -0.1) is 0 Å². The van der Waals surface area contributed by atoms with Crippen LogP contribution >= 0.6 is 0 Å². The van der Waals surface area contributed by atoms with E-state index in [4.69, 9.17) is 0 Å². The third kappa shape index (κ3) is 6.60. The fraction of sp³-hybridized carbons (Fsp3) is 0.600. The normalized spacial score (nSPS) is 10.6. The van der Waals surface area contributed by atoms with E-state index in [1.807, 2.05) is 12.1 Å². The molecule has 0 radical (unpaired) electrons. The van der Waals surface area contributed by atoms with Gasteiger partial charge < -0.3 is 0 Å². The van der Waals surface area contributed by atoms with Crippen LogP contribution in [0.1, 0.15) is 53.0 Å². The maximum atomic E-state index is 12.4. The molecule has 0 amide bonds. The molecule has 0 aromatic heterocycles. The van der Waals surface area contributed by atoms with Crippen LogP contribution in [-0.2, 0) is 0 Å². The Hall–Kier alpha value is -0.850. The zero-order chi connectivity index (χ0) is 12.7. The Morgan fingerprint density at radius 3 is 1.38 bits per heavy atom. The van der Waals surface area contributed by atoms with Gasteiger partial charge >= 0.3 is 0 Å². The number of halogens is 1. The third-order valence-electron chi connectivity index (χ3n) is 2.87. The van der Waals surface area contributed by atoms with Crippen LogP contribution < -0.4 is 0 Å². The number of benzene rings is 1. The molecule has 0 fully saturated rings. The average molecular weight is 224 g/mol. The van der Waals surface area contributed by atoms with E-state index in [0.29, 0.717) is 5.92 Å². The number of hydrogen-bond donors (Lipinski definition) is 0. The van der Waals surface area contributed by atoms with Gasteiger partial charge in [-0.2, -0.15) is 0 Å². The van der Waals surface area contributed by atoms with Crippen molar-refractivity contribution in [1.82, 2.24) is 0 Å². The van der Waals surface area contributed by atoms with Crippen LogP contribution in [0.3, 0.4) is 0 Å². The lowest BCUT2D eigenvalue weighted by atomic mass is 10.0. The topological polar surface area (TPSA) is 0 Å². The minimum Gasteiger partial charge on any atom is -0.207 e. The maximum absolute atomic E-state index is 12.4. The van der Waals surface area contributed by atoms with E-state index in [-0.39, 0.29) is 5.82 Å². The monoisotopic (exact) mass is 224 g/mol. The van der Waals surface area contributed by atoms with Crippen molar-refractivity contribution in [2.45, 2.75) is 47.5 Å². The number of rotatable bonds is 2. The molecule has 0 N–H and O–H groups in total. The quantitative estimate of drug-likeness (QED) is 0.643. The highest BCUT2D eigenvalue weighted by Crippen LogP contribution is 2.13. The molecule has 0 aliphatic rings. The van der Waals surface area contributed by atoms with Crippen LogP contribution in [-0.4, -0.2) is 0 Å². The van der Waals surface area contributed by atoms with Gasteiger partial charge in [0.15, 0.2) is 0 Å². The van der Waals surface area contributed by atoms with E-state index in [0.717, 1.165) is 11.8 Å². The highest BCUT2D eigenvalue weighted by molar-refractivity contribution is 5.18. The van der Waals surface area contributed by atoms with Gasteiger partial charge in [0, 0.05) is 0 Å². The molecule has 1 rings (SSSR count). The lowest BCUT2D eigenvalue weighted by Gasteiger charge is -2.05. The van der Waals surface area contributed by atoms with Crippen molar-refractivity contribution >= 4 is 0 Å². The molecule has 1 heteroatoms. The molecule has 16 heavy (non-hydrogen) atoms. The SMILES string of the molecule is CC(C)C(C)C.CC(C)c1ccc(F)cc1. The van der Waals surface area contributed by atoms with E-state index in [1.54, 1.807) is 0 Å². The molecular weight excluding hydrogens is 199 g/mol. The minimum absolute atomic E-state index is 0.163. The lowest BCUT2D eigenvalue weighted by molar-refractivity contribution is 0.457. The van der Waals surface area contributed by atoms with Crippen LogP contribution in [0.2, 0.25) is 0 Å². The highest BCUT2D eigenvalue weighted by atomic mass is 19.1. The fourth-order valence-corrected chi connectivity index (χ4v) is 0.848. The standard InChI is InChI=1S/C9H11F.C6H14/c1-7(2)8-3-5-9(10)6-4-8;1-5(2)6(3)4/h3-7H,1-2H3;5-6H,1-4H3. The van der Waals surface area contributed by atoms with Gasteiger partial charge in [-0.25, -0.2) is 4.39 Å². The second-order valence-electron chi connectivity index (χ2n) is 5.19. The van der Waals surface area contributed by atoms with E-state index in [2.05, 4.69) is 41.5 Å². The summed E-state index contributed by atoms with van der Waals surface area (Å²) in [5.41, 5.74) is 1.18. The molecule has 0 saturated carbocycles. The largest absolute Gasteiger partial charge is 0.207 e. The first kappa shape index (κ1) is 15.2. The van der Waals surface area contributed by atoms with Gasteiger partial charge in [-0.1, -0.05) is 53.7 Å². The summed E-state index contributed by atoms with van der Waals surface area (Å²) in [5.74, 6) is 2.03. The molecule has 0 aliphatic heterocycles. The van der Waals surface area contributed by atoms with Gasteiger partial charge in [-0.3, -0.25) is 0 Å². The van der Waals surface area contributed by atoms with E-state index < -0.39 is 0 Å². The van der Waals surface area contributed by atoms with Crippen molar-refractivity contribution < 1.29 is 4.39 Å². The van der Waals surface area contributed by atoms with Crippen molar-refractivity contribution in [3.8, 4) is 0 Å². The molecule has 0 nitrogen and oxygen atoms in total. The van der Waals surface area contributed by atoms with Gasteiger partial charge in [-0.05, 0) is 35.4 Å². The first-order valence-electron chi connectivity index (χ1n) is 6.10. The van der Waals surface area contributed by atoms with Crippen molar-refractivity contribution in [3.63, 3.8) is 0 Å². The summed E-state index contributed by atoms with van der Waals surface area (Å²) < 4.78 is 12.4. The van der Waals surface area contributed by atoms with Crippen LogP contribution in [0, 0.1) is 17.7 Å². The summed E-state index contributed by atoms with van der Waals surface area (Å²) in [6.45, 7) is 13.1. The van der Waals surface area contributed by atoms with E-state index >= 15 is 0 Å². The third-order valence-corrected chi connectivity index (χ3v) is 2.87. The van der Waals surface area contributed by atoms with E-state index in [1.165, 1.54) is 17.7 Å². The molecule has 0 saturated heterocycles. The Bertz CT molecular complexity index is 264. The average Bonchev–Trinajstić information content (AvgIpc) is 2.19. The second-order valence-corrected chi connectivity index (χ2v) is 5.19. The zero-order valence-corrected chi connectivity index (χ0v) is 11.4. The van der Waals surface area contributed by atoms with Gasteiger partial charge in [0.2, 0.25) is 0 Å². The summed E-state index contributed by atoms with van der Waals surface area (Å²) in [6.07, 6.45) is 0. The molecule has 0 unspecified atom stereocenters. The van der Waals surface area contributed by atoms with Crippen molar-refractivity contribution in [1.29, 1.82) is 0 Å². The van der Waals surface area contributed by atoms with Gasteiger partial charge in [0.1, 0.15) is 5.82 Å². The van der Waals surface area contributed by atoms with Crippen LogP contribution in [0.5, 0.6) is 0 Å². The Morgan fingerprint density at radius 2 is 1.12 bits per heavy atom. The van der Waals surface area contributed by atoms with Crippen molar-refractivity contribution in [3.05, 3.63) is 35.6 Å². The van der Waals surface area contributed by atoms with Crippen LogP contribution in [0.15, 0.2) is 24.3 Å². The molecular formula is C15H25F. The first-order valence-corrected chi connectivity index (χ1v) is 6.10. The highest BCUT2D eigenvalue weighted by Gasteiger charge is 1.97. The lowest BCUT2D eigenvalue weighted by Crippen LogP contribution is -1.95. The predicted octanol–water partition coefficient (Wildman–Crippen LogP) is 5.25. The minimum atomic E-state index is -0.163. The molecule has 0 aliphatic carbocycles. The summed E-state index contributed by atoms with van der Waals surface area (Å²) in [4.78, 5) is 0. The fourth-order valence-electron chi connectivity index (χ4n) is 0.848. The summed E-state index contributed by atoms with van der Waals surface area (Å²) in [6, 6.07) is 6.63. The maximum Gasteiger partial charge on any atom is 0.123 e. The molecule has 1 aromatic rings. The van der Waals surface area contributed by atoms with Crippen LogP contribution in [0.4, 0.5) is 4.39 Å². The molecule has 0 heterocycles. The van der Waals surface area contributed by atoms with Crippen molar-refractivity contribution in [2.75, 3.05) is 0 Å². The Labute approximate surface area is 99.9 Å². The Kier molecular flexibility index (Phi) is 7.03. The molecule has 92 valence electrons. The van der Waals surface area contributed by atoms with Crippen molar-refractivity contribution in [2.24, 2.45) is 11.8 Å². The smallest absolute Gasteiger partial charge is 0.123 e. The summed E-state index contributed by atoms with van der Waals surface area (Å²) in [7, 11) is 0. The molecule has 0 spiro atoms. The Morgan fingerprint density at radius 1 is 0.750 bits per heavy atom. The zero-order valence-electron chi connectivity index (χ0n) is 11.4. The van der Waals surface area contributed by atoms with Gasteiger partial charge in [0.05, 0.1) is 0 Å². The van der Waals surface area contributed by atoms with Gasteiger partial charge in [0.25, 0.3) is 0 Å². The molecule has 0 bridgehead atoms. The number of hydrogen-bond acceptors (Lipinski definition) is 0. The van der Waals surface area contributed by atoms with E-state index in [9.17, 15) is 4.39 Å². The summed E-state index contributed by atoms with van der Waals surface area (Å²) >= 11 is 0. The second kappa shape index (κ2) is 7.43.